The van der Waals surface area contributed by atoms with E-state index in [2.05, 4.69) is 29.0 Å². The zero-order valence-electron chi connectivity index (χ0n) is 19.1. The lowest BCUT2D eigenvalue weighted by molar-refractivity contribution is -0.384. The number of nitro benzene ring substituents is 1. The fraction of sp³-hybridized carbons (Fsp3) is 0.458. The number of amides is 1. The molecule has 0 unspecified atom stereocenters. The summed E-state index contributed by atoms with van der Waals surface area (Å²) in [4.78, 5) is 28.7. The van der Waals surface area contributed by atoms with Gasteiger partial charge in [-0.2, -0.15) is 0 Å². The van der Waals surface area contributed by atoms with E-state index >= 15 is 0 Å². The van der Waals surface area contributed by atoms with Crippen molar-refractivity contribution in [2.75, 3.05) is 43.1 Å². The highest BCUT2D eigenvalue weighted by molar-refractivity contribution is 6.31. The number of nitrogens with one attached hydrogen (secondary N) is 1. The lowest BCUT2D eigenvalue weighted by atomic mass is 9.83. The number of hydrogen-bond acceptors (Lipinski definition) is 6. The van der Waals surface area contributed by atoms with Crippen molar-refractivity contribution >= 4 is 34.6 Å². The molecule has 0 aliphatic carbocycles. The number of carbonyl (C=O) groups excluding carboxylic acids is 1. The van der Waals surface area contributed by atoms with Gasteiger partial charge in [0.05, 0.1) is 29.7 Å². The van der Waals surface area contributed by atoms with Gasteiger partial charge in [0, 0.05) is 49.0 Å². The van der Waals surface area contributed by atoms with Crippen LogP contribution in [0.4, 0.5) is 17.1 Å². The Morgan fingerprint density at radius 1 is 1.24 bits per heavy atom. The summed E-state index contributed by atoms with van der Waals surface area (Å²) < 4.78 is 5.56. The van der Waals surface area contributed by atoms with E-state index in [1.54, 1.807) is 25.3 Å². The van der Waals surface area contributed by atoms with E-state index < -0.39 is 0 Å². The van der Waals surface area contributed by atoms with Crippen molar-refractivity contribution in [2.24, 2.45) is 11.8 Å². The number of anilines is 2. The van der Waals surface area contributed by atoms with E-state index in [-0.39, 0.29) is 28.5 Å². The molecule has 1 amide bonds. The second kappa shape index (κ2) is 9.47. The maximum Gasteiger partial charge on any atom is 0.269 e. The van der Waals surface area contributed by atoms with Crippen LogP contribution in [0.5, 0.6) is 5.75 Å². The Kier molecular flexibility index (Phi) is 6.65. The molecule has 4 rings (SSSR count). The highest BCUT2D eigenvalue weighted by Crippen LogP contribution is 2.40. The number of nitro groups is 1. The number of carbonyl (C=O) groups is 1. The number of rotatable bonds is 6. The molecule has 9 heteroatoms. The highest BCUT2D eigenvalue weighted by atomic mass is 35.5. The van der Waals surface area contributed by atoms with E-state index in [1.165, 1.54) is 0 Å². The zero-order chi connectivity index (χ0) is 23.7. The number of nitrogens with zero attached hydrogens (tertiary/aromatic N) is 3. The van der Waals surface area contributed by atoms with Crippen molar-refractivity contribution in [1.29, 1.82) is 0 Å². The first-order valence-corrected chi connectivity index (χ1v) is 11.6. The molecule has 1 saturated heterocycles. The predicted octanol–water partition coefficient (Wildman–Crippen LogP) is 3.90. The number of ether oxygens (including phenoxy) is 1. The van der Waals surface area contributed by atoms with Crippen LogP contribution in [-0.4, -0.2) is 50.2 Å². The minimum atomic E-state index is -0.385. The Bertz CT molecular complexity index is 1060. The summed E-state index contributed by atoms with van der Waals surface area (Å²) in [7, 11) is 1.63. The Morgan fingerprint density at radius 3 is 2.73 bits per heavy atom. The summed E-state index contributed by atoms with van der Waals surface area (Å²) in [5.41, 5.74) is 2.77. The van der Waals surface area contributed by atoms with Crippen LogP contribution in [0.2, 0.25) is 5.02 Å². The molecule has 0 spiro atoms. The minimum absolute atomic E-state index is 0.0178. The molecule has 0 saturated carbocycles. The number of methoxy groups -OCH3 is 1. The van der Waals surface area contributed by atoms with Crippen LogP contribution in [0.1, 0.15) is 19.4 Å². The normalized spacial score (nSPS) is 19.7. The van der Waals surface area contributed by atoms with Crippen molar-refractivity contribution in [3.05, 3.63) is 57.1 Å². The lowest BCUT2D eigenvalue weighted by Gasteiger charge is -2.49. The van der Waals surface area contributed by atoms with E-state index in [9.17, 15) is 14.9 Å². The molecular weight excluding hydrogens is 444 g/mol. The second-order valence-electron chi connectivity index (χ2n) is 9.04. The Hall–Kier alpha value is -3.00. The quantitative estimate of drug-likeness (QED) is 0.506. The number of hydrogen-bond donors (Lipinski definition) is 1. The number of benzene rings is 2. The second-order valence-corrected chi connectivity index (χ2v) is 9.48. The lowest BCUT2D eigenvalue weighted by Crippen LogP contribution is -2.61. The molecule has 2 atom stereocenters. The summed E-state index contributed by atoms with van der Waals surface area (Å²) >= 11 is 6.28. The maximum absolute atomic E-state index is 13.3. The van der Waals surface area contributed by atoms with Gasteiger partial charge in [0.2, 0.25) is 5.91 Å². The number of non-ortho nitro benzene ring substituents is 1. The van der Waals surface area contributed by atoms with Gasteiger partial charge in [-0.1, -0.05) is 25.4 Å². The van der Waals surface area contributed by atoms with Gasteiger partial charge in [-0.05, 0) is 42.2 Å². The molecular formula is C24H29ClN4O4. The van der Waals surface area contributed by atoms with Gasteiger partial charge in [0.25, 0.3) is 5.69 Å². The molecule has 2 aromatic carbocycles. The van der Waals surface area contributed by atoms with Crippen LogP contribution in [0.25, 0.3) is 0 Å². The summed E-state index contributed by atoms with van der Waals surface area (Å²) in [6, 6.07) is 10.4. The fourth-order valence-electron chi connectivity index (χ4n) is 4.79. The Labute approximate surface area is 198 Å². The van der Waals surface area contributed by atoms with Crippen LogP contribution in [0, 0.1) is 22.0 Å². The molecule has 2 aliphatic rings. The van der Waals surface area contributed by atoms with Crippen LogP contribution in [-0.2, 0) is 11.2 Å². The third-order valence-corrected chi connectivity index (χ3v) is 6.64. The summed E-state index contributed by atoms with van der Waals surface area (Å²) in [5, 5.41) is 15.0. The average molecular weight is 473 g/mol. The largest absolute Gasteiger partial charge is 0.495 e. The van der Waals surface area contributed by atoms with Gasteiger partial charge in [-0.3, -0.25) is 14.9 Å². The molecule has 2 aliphatic heterocycles. The molecule has 176 valence electrons. The monoisotopic (exact) mass is 472 g/mol. The fourth-order valence-corrected chi connectivity index (χ4v) is 4.95. The van der Waals surface area contributed by atoms with Crippen molar-refractivity contribution < 1.29 is 14.5 Å². The molecule has 0 aromatic heterocycles. The average Bonchev–Trinajstić information content (AvgIpc) is 2.81. The van der Waals surface area contributed by atoms with Crippen LogP contribution < -0.4 is 19.9 Å². The molecule has 2 aromatic rings. The third-order valence-electron chi connectivity index (χ3n) is 6.41. The summed E-state index contributed by atoms with van der Waals surface area (Å²) in [6.07, 6.45) is 0.461. The smallest absolute Gasteiger partial charge is 0.269 e. The standard InChI is InChI=1S/C24H29ClN4O4/c1-15(2)13-26-24(30)19-11-16-10-18(29(31)32)5-6-20(16)28-9-8-27(14-22(19)28)21-12-17(25)4-7-23(21)33-3/h4-7,10,12,15,19,22H,8-9,11,13-14H2,1-3H3,(H,26,30)/t19-,22-/m1/s1. The minimum Gasteiger partial charge on any atom is -0.495 e. The van der Waals surface area contributed by atoms with Crippen molar-refractivity contribution in [3.8, 4) is 5.75 Å². The topological polar surface area (TPSA) is 87.9 Å². The van der Waals surface area contributed by atoms with Gasteiger partial charge in [0.15, 0.2) is 0 Å². The van der Waals surface area contributed by atoms with E-state index in [0.29, 0.717) is 43.5 Å². The van der Waals surface area contributed by atoms with Gasteiger partial charge < -0.3 is 19.9 Å². The maximum atomic E-state index is 13.3. The van der Waals surface area contributed by atoms with Crippen molar-refractivity contribution in [3.63, 3.8) is 0 Å². The van der Waals surface area contributed by atoms with E-state index in [1.807, 2.05) is 18.2 Å². The molecule has 1 N–H and O–H groups in total. The molecule has 0 bridgehead atoms. The van der Waals surface area contributed by atoms with Crippen LogP contribution in [0.3, 0.4) is 0 Å². The van der Waals surface area contributed by atoms with Crippen LogP contribution >= 0.6 is 11.6 Å². The number of piperazine rings is 1. The highest BCUT2D eigenvalue weighted by Gasteiger charge is 2.42. The third kappa shape index (κ3) is 4.71. The first-order valence-electron chi connectivity index (χ1n) is 11.2. The van der Waals surface area contributed by atoms with Gasteiger partial charge in [-0.15, -0.1) is 0 Å². The molecule has 33 heavy (non-hydrogen) atoms. The Balaban J connectivity index is 1.68. The van der Waals surface area contributed by atoms with Crippen molar-refractivity contribution in [1.82, 2.24) is 5.32 Å². The summed E-state index contributed by atoms with van der Waals surface area (Å²) in [5.74, 6) is 0.725. The summed E-state index contributed by atoms with van der Waals surface area (Å²) in [6.45, 7) is 6.71. The number of fused-ring (bicyclic) bond motifs is 3. The zero-order valence-corrected chi connectivity index (χ0v) is 19.8. The van der Waals surface area contributed by atoms with Gasteiger partial charge in [0.1, 0.15) is 5.75 Å². The first kappa shape index (κ1) is 23.2. The van der Waals surface area contributed by atoms with Crippen molar-refractivity contribution in [2.45, 2.75) is 26.3 Å². The molecule has 2 heterocycles. The molecule has 1 fully saturated rings. The predicted molar refractivity (Wildman–Crippen MR) is 129 cm³/mol. The molecule has 8 nitrogen and oxygen atoms in total. The van der Waals surface area contributed by atoms with E-state index in [0.717, 1.165) is 22.7 Å². The van der Waals surface area contributed by atoms with Crippen LogP contribution in [0.15, 0.2) is 36.4 Å². The van der Waals surface area contributed by atoms with Gasteiger partial charge in [-0.25, -0.2) is 0 Å². The SMILES string of the molecule is COc1ccc(Cl)cc1N1CCN2c3ccc([N+](=O)[O-])cc3C[C@@H](C(=O)NCC(C)C)[C@H]2C1. The Morgan fingerprint density at radius 2 is 2.03 bits per heavy atom. The first-order chi connectivity index (χ1) is 15.8. The number of halogens is 1. The van der Waals surface area contributed by atoms with E-state index in [4.69, 9.17) is 16.3 Å². The molecule has 0 radical (unpaired) electrons. The van der Waals surface area contributed by atoms with Gasteiger partial charge >= 0.3 is 0 Å².